The zero-order valence-corrected chi connectivity index (χ0v) is 27.9. The summed E-state index contributed by atoms with van der Waals surface area (Å²) in [4.78, 5) is 60.8. The third-order valence-corrected chi connectivity index (χ3v) is 12.8. The third kappa shape index (κ3) is 8.85. The SMILES string of the molecule is CCC1CC(CC2CCC(C(NO)C3CC(C(=O)O)CCC3C(=O)O)C(CC)C2)CCC1NC(=O)C1CC(C(=O)O)CCC1C(=O)O. The van der Waals surface area contributed by atoms with Crippen molar-refractivity contribution in [2.45, 2.75) is 122 Å². The molecule has 4 aliphatic carbocycles. The molecule has 12 nitrogen and oxygen atoms in total. The summed E-state index contributed by atoms with van der Waals surface area (Å²) in [6, 6.07) is -0.533. The van der Waals surface area contributed by atoms with E-state index in [0.29, 0.717) is 24.7 Å². The topological polar surface area (TPSA) is 211 Å². The maximum atomic E-state index is 13.4. The lowest BCUT2D eigenvalue weighted by Gasteiger charge is -2.46. The molecule has 0 heterocycles. The van der Waals surface area contributed by atoms with Crippen LogP contribution >= 0.6 is 0 Å². The van der Waals surface area contributed by atoms with E-state index in [9.17, 15) is 49.6 Å². The average molecular weight is 665 g/mol. The standard InChI is InChI=1S/C35H56N2O10/c1-3-20-14-18(5-9-24(20)30(37-47)27-16-22(32(39)40)7-10-25(27)34(43)44)13-19-6-12-29(21(4-2)15-19)36-31(38)28-17-23(33(41)42)8-11-26(28)35(45)46/h18-30,37,47H,3-17H2,1-2H3,(H,36,38)(H,39,40)(H,41,42)(H,43,44)(H,45,46). The molecule has 0 radical (unpaired) electrons. The Balaban J connectivity index is 1.34. The highest BCUT2D eigenvalue weighted by molar-refractivity contribution is 5.86. The maximum Gasteiger partial charge on any atom is 0.307 e. The molecule has 4 rings (SSSR count). The first-order valence-corrected chi connectivity index (χ1v) is 18.0. The molecule has 4 fully saturated rings. The largest absolute Gasteiger partial charge is 0.481 e. The van der Waals surface area contributed by atoms with Crippen LogP contribution < -0.4 is 10.8 Å². The Morgan fingerprint density at radius 1 is 0.596 bits per heavy atom. The normalized spacial score (nSPS) is 38.5. The number of aliphatic carboxylic acids is 4. The van der Waals surface area contributed by atoms with E-state index in [0.717, 1.165) is 57.8 Å². The zero-order valence-electron chi connectivity index (χ0n) is 27.9. The summed E-state index contributed by atoms with van der Waals surface area (Å²) in [5.74, 6) is -6.76. The molecule has 12 heteroatoms. The first-order valence-electron chi connectivity index (χ1n) is 18.0. The van der Waals surface area contributed by atoms with Gasteiger partial charge >= 0.3 is 23.9 Å². The molecule has 0 saturated heterocycles. The predicted octanol–water partition coefficient (Wildman–Crippen LogP) is 4.88. The van der Waals surface area contributed by atoms with Crippen molar-refractivity contribution >= 4 is 29.8 Å². The Bertz CT molecular complexity index is 1130. The summed E-state index contributed by atoms with van der Waals surface area (Å²) in [7, 11) is 0. The van der Waals surface area contributed by atoms with Crippen LogP contribution in [0.15, 0.2) is 0 Å². The first kappa shape index (κ1) is 37.1. The Morgan fingerprint density at radius 3 is 1.70 bits per heavy atom. The number of hydrogen-bond acceptors (Lipinski definition) is 7. The van der Waals surface area contributed by atoms with Crippen LogP contribution in [0.1, 0.15) is 110 Å². The Hall–Kier alpha value is -2.73. The van der Waals surface area contributed by atoms with Crippen LogP contribution in [-0.2, 0) is 24.0 Å². The number of hydroxylamine groups is 1. The lowest BCUT2D eigenvalue weighted by atomic mass is 9.61. The van der Waals surface area contributed by atoms with E-state index in [1.165, 1.54) is 0 Å². The molecule has 266 valence electrons. The summed E-state index contributed by atoms with van der Waals surface area (Å²) in [5, 5.41) is 52.3. The summed E-state index contributed by atoms with van der Waals surface area (Å²) < 4.78 is 0. The van der Waals surface area contributed by atoms with Crippen LogP contribution in [0.5, 0.6) is 0 Å². The molecule has 0 spiro atoms. The monoisotopic (exact) mass is 664 g/mol. The van der Waals surface area contributed by atoms with Crippen LogP contribution in [0.4, 0.5) is 0 Å². The van der Waals surface area contributed by atoms with Crippen molar-refractivity contribution < 1.29 is 49.6 Å². The second kappa shape index (κ2) is 16.6. The molecule has 0 aromatic heterocycles. The molecule has 4 saturated carbocycles. The summed E-state index contributed by atoms with van der Waals surface area (Å²) in [6.07, 6.45) is 9.71. The van der Waals surface area contributed by atoms with Gasteiger partial charge in [0.25, 0.3) is 0 Å². The maximum absolute atomic E-state index is 13.4. The Labute approximate surface area is 277 Å². The molecule has 0 aromatic rings. The van der Waals surface area contributed by atoms with Gasteiger partial charge in [0.05, 0.1) is 29.6 Å². The van der Waals surface area contributed by atoms with Crippen LogP contribution in [0.25, 0.3) is 0 Å². The van der Waals surface area contributed by atoms with Gasteiger partial charge in [-0.3, -0.25) is 24.0 Å². The third-order valence-electron chi connectivity index (χ3n) is 12.8. The summed E-state index contributed by atoms with van der Waals surface area (Å²) in [5.41, 5.74) is 2.47. The molecular formula is C35H56N2O10. The molecule has 7 N–H and O–H groups in total. The van der Waals surface area contributed by atoms with E-state index >= 15 is 0 Å². The fraction of sp³-hybridized carbons (Fsp3) is 0.857. The fourth-order valence-corrected chi connectivity index (χ4v) is 10.1. The number of rotatable bonds is 13. The van der Waals surface area contributed by atoms with Crippen molar-refractivity contribution in [3.63, 3.8) is 0 Å². The highest BCUT2D eigenvalue weighted by Gasteiger charge is 2.47. The fourth-order valence-electron chi connectivity index (χ4n) is 10.1. The highest BCUT2D eigenvalue weighted by Crippen LogP contribution is 2.47. The Kier molecular flexibility index (Phi) is 13.1. The van der Waals surface area contributed by atoms with Crippen molar-refractivity contribution in [2.24, 2.45) is 65.1 Å². The summed E-state index contributed by atoms with van der Waals surface area (Å²) >= 11 is 0. The van der Waals surface area contributed by atoms with Crippen molar-refractivity contribution in [1.29, 1.82) is 0 Å². The molecule has 1 amide bonds. The van der Waals surface area contributed by atoms with Crippen LogP contribution in [0.3, 0.4) is 0 Å². The number of carboxylic acid groups (broad SMARTS) is 4. The van der Waals surface area contributed by atoms with Crippen LogP contribution in [0.2, 0.25) is 0 Å². The molecule has 0 aliphatic heterocycles. The second-order valence-electron chi connectivity index (χ2n) is 15.2. The number of hydrogen-bond donors (Lipinski definition) is 7. The minimum absolute atomic E-state index is 0.0516. The lowest BCUT2D eigenvalue weighted by molar-refractivity contribution is -0.154. The molecular weight excluding hydrogens is 608 g/mol. The van der Waals surface area contributed by atoms with Crippen molar-refractivity contribution in [3.05, 3.63) is 0 Å². The zero-order chi connectivity index (χ0) is 34.4. The van der Waals surface area contributed by atoms with Crippen molar-refractivity contribution in [2.75, 3.05) is 0 Å². The van der Waals surface area contributed by atoms with Gasteiger partial charge in [0.1, 0.15) is 0 Å². The highest BCUT2D eigenvalue weighted by atomic mass is 16.5. The van der Waals surface area contributed by atoms with Crippen molar-refractivity contribution in [3.8, 4) is 0 Å². The van der Waals surface area contributed by atoms with Gasteiger partial charge in [-0.1, -0.05) is 33.1 Å². The smallest absolute Gasteiger partial charge is 0.307 e. The van der Waals surface area contributed by atoms with E-state index in [-0.39, 0.29) is 55.4 Å². The van der Waals surface area contributed by atoms with Gasteiger partial charge in [0.2, 0.25) is 5.91 Å². The molecule has 13 unspecified atom stereocenters. The molecule has 4 aliphatic rings. The molecule has 0 bridgehead atoms. The van der Waals surface area contributed by atoms with Crippen LogP contribution in [-0.4, -0.2) is 67.5 Å². The van der Waals surface area contributed by atoms with Gasteiger partial charge in [-0.2, -0.15) is 0 Å². The number of nitrogens with one attached hydrogen (secondary N) is 2. The van der Waals surface area contributed by atoms with Crippen LogP contribution in [0, 0.1) is 65.1 Å². The van der Waals surface area contributed by atoms with E-state index in [4.69, 9.17) is 0 Å². The lowest BCUT2D eigenvalue weighted by Crippen LogP contribution is -2.51. The van der Waals surface area contributed by atoms with Gasteiger partial charge in [-0.25, -0.2) is 5.48 Å². The van der Waals surface area contributed by atoms with Crippen molar-refractivity contribution in [1.82, 2.24) is 10.8 Å². The number of carbonyl (C=O) groups excluding carboxylic acids is 1. The van der Waals surface area contributed by atoms with E-state index in [1.54, 1.807) is 0 Å². The number of carboxylic acids is 4. The number of amides is 1. The predicted molar refractivity (Wildman–Crippen MR) is 170 cm³/mol. The number of carbonyl (C=O) groups is 5. The Morgan fingerprint density at radius 2 is 1.15 bits per heavy atom. The van der Waals surface area contributed by atoms with E-state index < -0.39 is 65.4 Å². The second-order valence-corrected chi connectivity index (χ2v) is 15.2. The summed E-state index contributed by atoms with van der Waals surface area (Å²) in [6.45, 7) is 4.24. The average Bonchev–Trinajstić information content (AvgIpc) is 3.05. The van der Waals surface area contributed by atoms with Gasteiger partial charge in [0, 0.05) is 12.1 Å². The quantitative estimate of drug-likeness (QED) is 0.132. The van der Waals surface area contributed by atoms with Gasteiger partial charge in [0.15, 0.2) is 0 Å². The van der Waals surface area contributed by atoms with Gasteiger partial charge in [-0.05, 0) is 113 Å². The van der Waals surface area contributed by atoms with Gasteiger partial charge in [-0.15, -0.1) is 0 Å². The minimum Gasteiger partial charge on any atom is -0.481 e. The molecule has 47 heavy (non-hydrogen) atoms. The van der Waals surface area contributed by atoms with Gasteiger partial charge < -0.3 is 31.0 Å². The minimum atomic E-state index is -1.05. The van der Waals surface area contributed by atoms with E-state index in [1.807, 2.05) is 0 Å². The molecule has 0 aromatic carbocycles. The first-order chi connectivity index (χ1) is 22.4. The van der Waals surface area contributed by atoms with E-state index in [2.05, 4.69) is 24.6 Å². The molecule has 13 atom stereocenters.